The van der Waals surface area contributed by atoms with E-state index >= 15 is 4.39 Å². The van der Waals surface area contributed by atoms with Crippen molar-refractivity contribution in [1.82, 2.24) is 24.8 Å². The number of alkyl halides is 7. The third kappa shape index (κ3) is 5.19. The van der Waals surface area contributed by atoms with Gasteiger partial charge in [-0.3, -0.25) is 9.59 Å². The molecule has 3 heterocycles. The van der Waals surface area contributed by atoms with Crippen LogP contribution in [0, 0.1) is 11.7 Å². The number of benzene rings is 1. The summed E-state index contributed by atoms with van der Waals surface area (Å²) in [7, 11) is 1.00. The summed E-state index contributed by atoms with van der Waals surface area (Å²) in [5.41, 5.74) is 2.61. The molecule has 216 valence electrons. The van der Waals surface area contributed by atoms with Gasteiger partial charge in [-0.15, -0.1) is 0 Å². The molecule has 2 amide bonds. The maximum absolute atomic E-state index is 15.0. The molecule has 4 rings (SSSR count). The second-order valence-electron chi connectivity index (χ2n) is 8.99. The van der Waals surface area contributed by atoms with Gasteiger partial charge in [0.15, 0.2) is 17.4 Å². The molecule has 1 aromatic carbocycles. The van der Waals surface area contributed by atoms with Crippen LogP contribution in [0.3, 0.4) is 0 Å². The number of nitrogens with two attached hydrogens (primary N) is 1. The number of methoxy groups -OCH3 is 1. The molecule has 1 aliphatic rings. The van der Waals surface area contributed by atoms with E-state index in [0.29, 0.717) is 17.9 Å². The lowest BCUT2D eigenvalue weighted by Gasteiger charge is -2.22. The van der Waals surface area contributed by atoms with Gasteiger partial charge in [0, 0.05) is 12.1 Å². The number of likely N-dealkylation sites (tertiary alicyclic amines) is 1. The minimum atomic E-state index is -4.90. The van der Waals surface area contributed by atoms with Crippen LogP contribution in [-0.4, -0.2) is 69.9 Å². The summed E-state index contributed by atoms with van der Waals surface area (Å²) in [4.78, 5) is 29.4. The van der Waals surface area contributed by atoms with Crippen LogP contribution < -0.4 is 15.8 Å². The van der Waals surface area contributed by atoms with Crippen molar-refractivity contribution in [2.24, 2.45) is 5.92 Å². The quantitative estimate of drug-likeness (QED) is 0.446. The van der Waals surface area contributed by atoms with Crippen LogP contribution in [0.1, 0.15) is 22.8 Å². The molecule has 0 saturated carbocycles. The van der Waals surface area contributed by atoms with Crippen molar-refractivity contribution in [2.45, 2.75) is 31.5 Å². The second kappa shape index (κ2) is 10.1. The molecule has 40 heavy (non-hydrogen) atoms. The molecule has 0 aliphatic carbocycles. The first-order valence-corrected chi connectivity index (χ1v) is 11.4. The number of rotatable bonds is 5. The Kier molecular flexibility index (Phi) is 7.27. The highest BCUT2D eigenvalue weighted by Crippen LogP contribution is 2.40. The van der Waals surface area contributed by atoms with E-state index in [2.05, 4.69) is 15.4 Å². The number of nitrogens with zero attached hydrogens (tertiary/aromatic N) is 4. The van der Waals surface area contributed by atoms with Crippen LogP contribution >= 0.6 is 0 Å². The largest absolute Gasteiger partial charge is 0.493 e. The van der Waals surface area contributed by atoms with Gasteiger partial charge in [-0.1, -0.05) is 0 Å². The summed E-state index contributed by atoms with van der Waals surface area (Å²) in [6.45, 7) is -0.715. The van der Waals surface area contributed by atoms with Crippen LogP contribution in [-0.2, 0) is 11.0 Å². The molecule has 0 radical (unpaired) electrons. The van der Waals surface area contributed by atoms with Crippen molar-refractivity contribution in [3.05, 3.63) is 41.5 Å². The number of aromatic nitrogens is 3. The lowest BCUT2D eigenvalue weighted by atomic mass is 10.0. The topological polar surface area (TPSA) is 115 Å². The molecule has 2 aromatic heterocycles. The van der Waals surface area contributed by atoms with E-state index in [1.807, 2.05) is 0 Å². The molecule has 1 unspecified atom stereocenters. The van der Waals surface area contributed by atoms with Crippen molar-refractivity contribution in [1.29, 1.82) is 0 Å². The number of carbonyl (C=O) groups is 2. The van der Waals surface area contributed by atoms with E-state index in [9.17, 15) is 40.3 Å². The van der Waals surface area contributed by atoms with E-state index in [1.165, 1.54) is 0 Å². The van der Waals surface area contributed by atoms with Gasteiger partial charge in [0.2, 0.25) is 5.91 Å². The highest BCUT2D eigenvalue weighted by molar-refractivity contribution is 5.99. The number of halogens is 8. The average Bonchev–Trinajstić information content (AvgIpc) is 3.43. The summed E-state index contributed by atoms with van der Waals surface area (Å²) in [6, 6.07) is 0.909. The summed E-state index contributed by atoms with van der Waals surface area (Å²) in [6.07, 6.45) is -10.9. The molecule has 1 aliphatic heterocycles. The maximum Gasteiger partial charge on any atom is 0.418 e. The Balaban J connectivity index is 1.69. The van der Waals surface area contributed by atoms with Gasteiger partial charge >= 0.3 is 12.4 Å². The molecule has 9 nitrogen and oxygen atoms in total. The Morgan fingerprint density at radius 3 is 2.42 bits per heavy atom. The zero-order chi connectivity index (χ0) is 29.7. The van der Waals surface area contributed by atoms with Crippen LogP contribution in [0.4, 0.5) is 40.9 Å². The second-order valence-corrected chi connectivity index (χ2v) is 8.99. The maximum atomic E-state index is 15.0. The number of nitrogen functional groups attached to an aromatic ring is 1. The lowest BCUT2D eigenvalue weighted by molar-refractivity contribution is -0.185. The van der Waals surface area contributed by atoms with Crippen molar-refractivity contribution in [3.63, 3.8) is 0 Å². The zero-order valence-corrected chi connectivity index (χ0v) is 20.6. The number of hydrogen-bond acceptors (Lipinski definition) is 6. The molecule has 3 N–H and O–H groups in total. The average molecular weight is 580 g/mol. The van der Waals surface area contributed by atoms with Gasteiger partial charge in [-0.05, 0) is 25.1 Å². The summed E-state index contributed by atoms with van der Waals surface area (Å²) in [5, 5.41) is 5.95. The summed E-state index contributed by atoms with van der Waals surface area (Å²) >= 11 is 0. The Morgan fingerprint density at radius 2 is 1.82 bits per heavy atom. The van der Waals surface area contributed by atoms with Gasteiger partial charge in [0.25, 0.3) is 5.91 Å². The van der Waals surface area contributed by atoms with Crippen LogP contribution in [0.15, 0.2) is 24.5 Å². The smallest absolute Gasteiger partial charge is 0.418 e. The molecule has 3 atom stereocenters. The van der Waals surface area contributed by atoms with E-state index in [0.717, 1.165) is 30.1 Å². The van der Waals surface area contributed by atoms with Crippen molar-refractivity contribution in [2.75, 3.05) is 25.9 Å². The number of anilines is 1. The Morgan fingerprint density at radius 1 is 1.15 bits per heavy atom. The number of amides is 2. The zero-order valence-electron chi connectivity index (χ0n) is 20.6. The normalized spacial score (nSPS) is 18.7. The minimum absolute atomic E-state index is 0.272. The molecule has 0 spiro atoms. The standard InChI is InChI=1S/C23H20F8N6O3/c1-9(22(26,27)28)21(39)36-6-14(25)15(7-36)35-20(38)11-3-10(4-13(24)18(11)40-2)16-5-12(23(29,30)31)17-19(32)33-8-34-37(16)17/h3-5,8-9,14-15H,6-7H2,1-2H3,(H,35,38)(H2,32,33,34)/t9?,14-,15+/m0/s1. The van der Waals surface area contributed by atoms with E-state index < -0.39 is 89.4 Å². The highest BCUT2D eigenvalue weighted by atomic mass is 19.4. The number of nitrogens with one attached hydrogen (secondary N) is 1. The molecule has 1 fully saturated rings. The first-order valence-electron chi connectivity index (χ1n) is 11.4. The van der Waals surface area contributed by atoms with Gasteiger partial charge < -0.3 is 20.7 Å². The van der Waals surface area contributed by atoms with Crippen molar-refractivity contribution in [3.8, 4) is 17.0 Å². The Labute approximate surface area is 219 Å². The van der Waals surface area contributed by atoms with Gasteiger partial charge in [-0.2, -0.15) is 31.4 Å². The SMILES string of the molecule is COc1c(F)cc(-c2cc(C(F)(F)F)c3c(N)ncnn23)cc1C(=O)N[C@@H]1CN(C(=O)C(C)C(F)(F)F)C[C@@H]1F. The number of hydrogen-bond donors (Lipinski definition) is 2. The fraction of sp³-hybridized carbons (Fsp3) is 0.391. The Bertz CT molecular complexity index is 1470. The fourth-order valence-corrected chi connectivity index (χ4v) is 4.35. The molecular weight excluding hydrogens is 560 g/mol. The van der Waals surface area contributed by atoms with Gasteiger partial charge in [0.1, 0.15) is 23.9 Å². The molecular formula is C23H20F8N6O3. The van der Waals surface area contributed by atoms with E-state index in [1.54, 1.807) is 0 Å². The fourth-order valence-electron chi connectivity index (χ4n) is 4.35. The third-order valence-corrected chi connectivity index (χ3v) is 6.41. The van der Waals surface area contributed by atoms with Gasteiger partial charge in [0.05, 0.1) is 36.5 Å². The highest BCUT2D eigenvalue weighted by Gasteiger charge is 2.46. The molecule has 0 bridgehead atoms. The summed E-state index contributed by atoms with van der Waals surface area (Å²) in [5.74, 6) is -7.28. The first-order chi connectivity index (χ1) is 18.5. The predicted octanol–water partition coefficient (Wildman–Crippen LogP) is 3.62. The predicted molar refractivity (Wildman–Crippen MR) is 122 cm³/mol. The summed E-state index contributed by atoms with van der Waals surface area (Å²) < 4.78 is 115. The lowest BCUT2D eigenvalue weighted by Crippen LogP contribution is -2.43. The third-order valence-electron chi connectivity index (χ3n) is 6.41. The Hall–Kier alpha value is -4.18. The minimum Gasteiger partial charge on any atom is -0.493 e. The van der Waals surface area contributed by atoms with Gasteiger partial charge in [-0.25, -0.2) is 18.3 Å². The van der Waals surface area contributed by atoms with E-state index in [4.69, 9.17) is 10.5 Å². The monoisotopic (exact) mass is 580 g/mol. The van der Waals surface area contributed by atoms with Crippen molar-refractivity contribution < 1.29 is 49.4 Å². The van der Waals surface area contributed by atoms with Crippen LogP contribution in [0.5, 0.6) is 5.75 Å². The van der Waals surface area contributed by atoms with Crippen molar-refractivity contribution >= 4 is 23.1 Å². The van der Waals surface area contributed by atoms with Crippen LogP contribution in [0.2, 0.25) is 0 Å². The number of fused-ring (bicyclic) bond motifs is 1. The van der Waals surface area contributed by atoms with Crippen LogP contribution in [0.25, 0.3) is 16.8 Å². The molecule has 1 saturated heterocycles. The van der Waals surface area contributed by atoms with E-state index in [-0.39, 0.29) is 11.3 Å². The number of ether oxygens (including phenoxy) is 1. The molecule has 3 aromatic rings. The first kappa shape index (κ1) is 28.8. The number of carbonyl (C=O) groups excluding carboxylic acids is 2. The molecule has 17 heteroatoms.